The van der Waals surface area contributed by atoms with Gasteiger partial charge in [0.2, 0.25) is 0 Å². The molecule has 1 aliphatic heterocycles. The minimum atomic E-state index is -0.226. The molecule has 2 aromatic carbocycles. The van der Waals surface area contributed by atoms with Crippen LogP contribution in [0.25, 0.3) is 17.1 Å². The molecule has 1 amide bonds. The average Bonchev–Trinajstić information content (AvgIpc) is 2.97. The van der Waals surface area contributed by atoms with Gasteiger partial charge in [0.1, 0.15) is 5.69 Å². The number of benzene rings is 2. The number of hydrogen-bond donors (Lipinski definition) is 1. The summed E-state index contributed by atoms with van der Waals surface area (Å²) in [5, 5.41) is 4.00. The number of amides is 1. The number of para-hydroxylation sites is 1. The molecule has 0 saturated carbocycles. The number of rotatable bonds is 2. The molecule has 0 bridgehead atoms. The molecule has 1 N–H and O–H groups in total. The van der Waals surface area contributed by atoms with E-state index in [1.807, 2.05) is 18.2 Å². The molecule has 9 heteroatoms. The first kappa shape index (κ1) is 20.3. The van der Waals surface area contributed by atoms with Gasteiger partial charge >= 0.3 is 29.6 Å². The van der Waals surface area contributed by atoms with E-state index < -0.39 is 0 Å². The number of thioether (sulfide) groups is 1. The van der Waals surface area contributed by atoms with Crippen LogP contribution in [0.15, 0.2) is 58.7 Å². The molecule has 4 rings (SSSR count). The van der Waals surface area contributed by atoms with E-state index in [0.717, 1.165) is 16.6 Å². The van der Waals surface area contributed by atoms with Gasteiger partial charge in [-0.3, -0.25) is 14.8 Å². The van der Waals surface area contributed by atoms with E-state index in [2.05, 4.69) is 20.3 Å². The second-order valence-corrected chi connectivity index (χ2v) is 7.20. The van der Waals surface area contributed by atoms with E-state index in [0.29, 0.717) is 25.8 Å². The van der Waals surface area contributed by atoms with E-state index in [1.165, 1.54) is 11.8 Å². The quantitative estimate of drug-likeness (QED) is 0.504. The Hall–Kier alpha value is -1.41. The van der Waals surface area contributed by atoms with Crippen LogP contribution in [0.2, 0.25) is 10.0 Å². The molecule has 5 nitrogen and oxygen atoms in total. The second-order valence-electron chi connectivity index (χ2n) is 5.36. The van der Waals surface area contributed by atoms with Crippen molar-refractivity contribution in [1.29, 1.82) is 0 Å². The molecule has 0 unspecified atom stereocenters. The van der Waals surface area contributed by atoms with Crippen molar-refractivity contribution < 1.29 is 35.8 Å². The largest absolute Gasteiger partial charge is 1.00 e. The fourth-order valence-electron chi connectivity index (χ4n) is 2.40. The van der Waals surface area contributed by atoms with Crippen LogP contribution in [0.3, 0.4) is 0 Å². The van der Waals surface area contributed by atoms with Crippen LogP contribution in [0.5, 0.6) is 0 Å². The Morgan fingerprint density at radius 1 is 1.07 bits per heavy atom. The average molecular weight is 425 g/mol. The third-order valence-electron chi connectivity index (χ3n) is 3.59. The maximum Gasteiger partial charge on any atom is 1.00 e. The fraction of sp³-hybridized carbons (Fsp3) is 0. The second kappa shape index (κ2) is 8.73. The monoisotopic (exact) mass is 424 g/mol. The number of carbonyl (C=O) groups is 1. The summed E-state index contributed by atoms with van der Waals surface area (Å²) < 4.78 is 0. The molecule has 27 heavy (non-hydrogen) atoms. The molecule has 0 spiro atoms. The predicted octanol–water partition coefficient (Wildman–Crippen LogP) is 1.94. The zero-order valence-corrected chi connectivity index (χ0v) is 18.4. The van der Waals surface area contributed by atoms with Crippen molar-refractivity contribution in [2.75, 3.05) is 0 Å². The molecular weight excluding hydrogens is 414 g/mol. The maximum atomic E-state index is 12.2. The summed E-state index contributed by atoms with van der Waals surface area (Å²) in [4.78, 5) is 25.6. The van der Waals surface area contributed by atoms with Gasteiger partial charge in [0.15, 0.2) is 5.17 Å². The number of amidine groups is 1. The van der Waals surface area contributed by atoms with Crippen LogP contribution in [0, 0.1) is 0 Å². The Bertz CT molecular complexity index is 1090. The third kappa shape index (κ3) is 4.54. The normalized spacial score (nSPS) is 16.6. The molecule has 3 aromatic rings. The first-order valence-corrected chi connectivity index (χ1v) is 9.12. The third-order valence-corrected chi connectivity index (χ3v) is 5.11. The van der Waals surface area contributed by atoms with E-state index in [-0.39, 0.29) is 36.9 Å². The zero-order valence-electron chi connectivity index (χ0n) is 15.1. The number of halogens is 2. The zero-order chi connectivity index (χ0) is 18.1. The van der Waals surface area contributed by atoms with Crippen LogP contribution in [-0.4, -0.2) is 21.0 Å². The molecule has 1 aliphatic rings. The number of nitrogens with zero attached hydrogens (tertiary/aromatic N) is 3. The minimum Gasteiger partial charge on any atom is -1.00 e. The minimum absolute atomic E-state index is 0. The van der Waals surface area contributed by atoms with Crippen LogP contribution >= 0.6 is 35.0 Å². The van der Waals surface area contributed by atoms with Gasteiger partial charge in [0.25, 0.3) is 5.91 Å². The molecule has 0 aliphatic carbocycles. The number of nitrogens with one attached hydrogen (secondary N) is 1. The summed E-state index contributed by atoms with van der Waals surface area (Å²) in [5.41, 5.74) is 2.85. The van der Waals surface area contributed by atoms with Crippen molar-refractivity contribution in [3.63, 3.8) is 0 Å². The molecular formula is C18H11Cl2N4NaOS. The van der Waals surface area contributed by atoms with Gasteiger partial charge in [-0.1, -0.05) is 35.3 Å². The summed E-state index contributed by atoms with van der Waals surface area (Å²) in [5.74, 6) is -0.226. The van der Waals surface area contributed by atoms with Crippen molar-refractivity contribution in [3.05, 3.63) is 69.3 Å². The molecule has 0 radical (unpaired) electrons. The SMILES string of the molecule is O=C1NC(=Nc2c(Cl)cccc2Cl)SC1=Cc1ccc2nccnc2c1.[H-].[Na+]. The number of fused-ring (bicyclic) bond motifs is 1. The number of hydrogen-bond acceptors (Lipinski definition) is 5. The smallest absolute Gasteiger partial charge is 1.00 e. The van der Waals surface area contributed by atoms with Crippen molar-refractivity contribution in [3.8, 4) is 0 Å². The van der Waals surface area contributed by atoms with Gasteiger partial charge in [-0.05, 0) is 47.7 Å². The van der Waals surface area contributed by atoms with Gasteiger partial charge < -0.3 is 6.74 Å². The first-order chi connectivity index (χ1) is 12.6. The summed E-state index contributed by atoms with van der Waals surface area (Å²) in [6, 6.07) is 10.8. The molecule has 1 fully saturated rings. The number of aliphatic imine (C=N–C) groups is 1. The van der Waals surface area contributed by atoms with Crippen LogP contribution in [0.1, 0.15) is 6.99 Å². The maximum absolute atomic E-state index is 12.2. The van der Waals surface area contributed by atoms with E-state index in [9.17, 15) is 4.79 Å². The van der Waals surface area contributed by atoms with Crippen LogP contribution in [-0.2, 0) is 4.79 Å². The summed E-state index contributed by atoms with van der Waals surface area (Å²) in [6.45, 7) is 0. The molecule has 0 atom stereocenters. The van der Waals surface area contributed by atoms with Crippen LogP contribution in [0.4, 0.5) is 5.69 Å². The Labute approximate surface area is 193 Å². The Morgan fingerprint density at radius 2 is 1.78 bits per heavy atom. The van der Waals surface area contributed by atoms with Gasteiger partial charge in [0.05, 0.1) is 26.0 Å². The van der Waals surface area contributed by atoms with Crippen LogP contribution < -0.4 is 34.9 Å². The van der Waals surface area contributed by atoms with E-state index in [4.69, 9.17) is 23.2 Å². The molecule has 1 saturated heterocycles. The van der Waals surface area contributed by atoms with Crippen molar-refractivity contribution in [1.82, 2.24) is 15.3 Å². The van der Waals surface area contributed by atoms with Gasteiger partial charge in [0, 0.05) is 12.4 Å². The summed E-state index contributed by atoms with van der Waals surface area (Å²) in [7, 11) is 0. The summed E-state index contributed by atoms with van der Waals surface area (Å²) >= 11 is 13.5. The molecule has 2 heterocycles. The molecule has 1 aromatic heterocycles. The first-order valence-electron chi connectivity index (χ1n) is 7.54. The predicted molar refractivity (Wildman–Crippen MR) is 108 cm³/mol. The summed E-state index contributed by atoms with van der Waals surface area (Å²) in [6.07, 6.45) is 5.06. The number of aromatic nitrogens is 2. The Kier molecular flexibility index (Phi) is 6.57. The van der Waals surface area contributed by atoms with Crippen molar-refractivity contribution in [2.45, 2.75) is 0 Å². The Balaban J connectivity index is 0.00000140. The van der Waals surface area contributed by atoms with E-state index >= 15 is 0 Å². The molecule has 130 valence electrons. The van der Waals surface area contributed by atoms with Gasteiger partial charge in [-0.25, -0.2) is 4.99 Å². The standard InChI is InChI=1S/C18H10Cl2N4OS.Na.H/c19-11-2-1-3-12(20)16(11)23-18-24-17(25)15(26-18)9-10-4-5-13-14(8-10)22-7-6-21-13;;/h1-9H,(H,23,24,25);;/q;+1;-1. The van der Waals surface area contributed by atoms with Crippen molar-refractivity contribution in [2.24, 2.45) is 4.99 Å². The van der Waals surface area contributed by atoms with Crippen molar-refractivity contribution >= 4 is 68.8 Å². The van der Waals surface area contributed by atoms with E-state index in [1.54, 1.807) is 36.7 Å². The number of carbonyl (C=O) groups excluding carboxylic acids is 1. The topological polar surface area (TPSA) is 67.2 Å². The Morgan fingerprint density at radius 3 is 2.52 bits per heavy atom. The van der Waals surface area contributed by atoms with Gasteiger partial charge in [-0.2, -0.15) is 0 Å². The van der Waals surface area contributed by atoms with Gasteiger partial charge in [-0.15, -0.1) is 0 Å². The fourth-order valence-corrected chi connectivity index (χ4v) is 3.71.